The van der Waals surface area contributed by atoms with Gasteiger partial charge in [0.2, 0.25) is 11.3 Å². The summed E-state index contributed by atoms with van der Waals surface area (Å²) in [7, 11) is 0. The third-order valence-electron chi connectivity index (χ3n) is 30.1. The first-order chi connectivity index (χ1) is 72.2. The molecule has 10 heterocycles. The Balaban J connectivity index is 1.17. The molecule has 4 aliphatic rings. The van der Waals surface area contributed by atoms with Crippen LogP contribution in [0.25, 0.3) is 109 Å². The molecule has 0 spiro atoms. The van der Waals surface area contributed by atoms with Crippen LogP contribution < -0.4 is 57.2 Å². The second-order valence-electron chi connectivity index (χ2n) is 44.0. The maximum atomic E-state index is 8.63. The highest BCUT2D eigenvalue weighted by atomic mass is 32.2. The normalized spacial score (nSPS) is 13.4. The topological polar surface area (TPSA) is 203 Å². The van der Waals surface area contributed by atoms with E-state index >= 15 is 0 Å². The Labute approximate surface area is 895 Å². The predicted octanol–water partition coefficient (Wildman–Crippen LogP) is 28.9. The standard InChI is InChI=1S/C121H162N16O9S3/c1-25-128(26-2)57-61-132-84-42-34-33-41-82(84)73-83-99(132)106(141-68-52-77(15)16)96-95(103(83)138-65-49-74(9)10)120-127-121-97-98(110(145-72-56-81(23)24)113-102(107(97)142-69-53-78(17)18)135(64-60-131(31-7)32-8)87-45-37-40-48-90(87)149-113)119-125-116-92-93(108(143-70-54-79(19)20)111-101(105(92)140-67-51-76(13)14)134(63-59-130(29-5)30-6)86-44-36-38-46-88(86)147-111)115(124-116)122-114-91-94(117(123-114)126-118(96)136(120)146-137(119)121)109(144-71-55-80(21)22)112-100(104(91)139-66-50-75(11)12)133(62-58-129(27-3)28-4)85-43-35-39-47-89(85)148-112/h33-48,74-81H,25-32,49-73H2,1-24H3/p+1. The maximum Gasteiger partial charge on any atom is 0.287 e. The minimum absolute atomic E-state index is 0.261. The molecule has 25 nitrogen and oxygen atoms in total. The van der Waals surface area contributed by atoms with Crippen LogP contribution in [0.2, 0.25) is 0 Å². The van der Waals surface area contributed by atoms with Gasteiger partial charge in [-0.05, 0) is 208 Å². The number of fused-ring (bicyclic) bond motifs is 24. The second kappa shape index (κ2) is 48.1. The minimum Gasteiger partial charge on any atom is -0.492 e. The summed E-state index contributed by atoms with van der Waals surface area (Å²) in [6, 6.07) is 35.5. The largest absolute Gasteiger partial charge is 0.492 e. The molecule has 798 valence electrons. The van der Waals surface area contributed by atoms with Gasteiger partial charge >= 0.3 is 0 Å². The summed E-state index contributed by atoms with van der Waals surface area (Å²) in [4.78, 5) is 58.2. The van der Waals surface area contributed by atoms with Crippen molar-refractivity contribution < 1.29 is 47.1 Å². The van der Waals surface area contributed by atoms with Gasteiger partial charge in [-0.15, -0.1) is 16.3 Å². The Hall–Kier alpha value is -10.7. The monoisotopic (exact) mass is 2080 g/mol. The first-order valence-electron chi connectivity index (χ1n) is 56.2. The Morgan fingerprint density at radius 1 is 0.356 bits per heavy atom. The van der Waals surface area contributed by atoms with E-state index < -0.39 is 0 Å². The highest BCUT2D eigenvalue weighted by Crippen LogP contribution is 2.66. The Morgan fingerprint density at radius 2 is 0.732 bits per heavy atom. The summed E-state index contributed by atoms with van der Waals surface area (Å²) in [6.07, 6.45) is 6.47. The quantitative estimate of drug-likeness (QED) is 0.0278. The molecule has 4 aliphatic heterocycles. The zero-order chi connectivity index (χ0) is 105. The number of ether oxygens (including phenoxy) is 8. The number of likely N-dealkylation sites (N-methyl/N-ethyl adjacent to an activating group) is 4. The lowest BCUT2D eigenvalue weighted by Gasteiger charge is -2.37. The molecular formula is C121H163N16O9S3+. The molecule has 0 saturated heterocycles. The number of hydrogen-bond acceptors (Lipinski definition) is 24. The molecule has 0 unspecified atom stereocenters. The van der Waals surface area contributed by atoms with Crippen molar-refractivity contribution in [3.05, 3.63) is 108 Å². The number of nitrogens with zero attached hydrogens (tertiary/aromatic N) is 15. The van der Waals surface area contributed by atoms with Crippen molar-refractivity contribution >= 4 is 156 Å². The van der Waals surface area contributed by atoms with E-state index in [1.165, 1.54) is 5.56 Å². The van der Waals surface area contributed by atoms with Gasteiger partial charge in [0, 0.05) is 79.8 Å². The lowest BCUT2D eigenvalue weighted by molar-refractivity contribution is -0.717. The van der Waals surface area contributed by atoms with Crippen LogP contribution in [0.3, 0.4) is 0 Å². The van der Waals surface area contributed by atoms with Gasteiger partial charge in [0.25, 0.3) is 16.9 Å². The molecule has 0 aliphatic carbocycles. The van der Waals surface area contributed by atoms with Crippen molar-refractivity contribution in [3.8, 4) is 68.8 Å². The van der Waals surface area contributed by atoms with Crippen LogP contribution in [0, 0.1) is 47.3 Å². The van der Waals surface area contributed by atoms with Crippen LogP contribution in [0.4, 0.5) is 34.1 Å². The van der Waals surface area contributed by atoms with Gasteiger partial charge in [0.05, 0.1) is 122 Å². The number of hydrogen-bond donors (Lipinski definition) is 1. The summed E-state index contributed by atoms with van der Waals surface area (Å²) < 4.78 is 80.8. The SMILES string of the molecule is CCN(CC)CCN1c2ccccc2Sc2c(OCCC(C)C)c3c(c(OCCC(C)C)c21)-c1nc-3nc2[nH]c(nc3c4c(OCCC(C)C)c5c(c(OCCC(C)C)c4c4nc6c7c(OCCC(C)C)c8c(sc9ccccc9n8CCN(CC)CC)c(OCCC(C)C)c7c(n1)n6o[n+]43)Cc1ccccc1N5CCN(CC)CC)c1c(OCCC(C)C)c3c(c(OCCC(C)C)c21)N(CCN(CC)CC)c1ccccc1S3. The van der Waals surface area contributed by atoms with Crippen molar-refractivity contribution in [2.45, 2.75) is 250 Å². The van der Waals surface area contributed by atoms with Crippen molar-refractivity contribution in [3.63, 3.8) is 0 Å². The van der Waals surface area contributed by atoms with Gasteiger partial charge in [0.15, 0.2) is 40.4 Å². The number of benzene rings is 8. The summed E-state index contributed by atoms with van der Waals surface area (Å²) in [5.41, 5.74) is 13.7. The molecule has 0 fully saturated rings. The lowest BCUT2D eigenvalue weighted by atomic mass is 9.91. The van der Waals surface area contributed by atoms with Gasteiger partial charge in [-0.3, -0.25) is 0 Å². The average Bonchev–Trinajstić information content (AvgIpc) is 1.52. The maximum absolute atomic E-state index is 8.63. The van der Waals surface area contributed by atoms with Crippen LogP contribution in [-0.4, -0.2) is 210 Å². The smallest absolute Gasteiger partial charge is 0.287 e. The van der Waals surface area contributed by atoms with Crippen LogP contribution in [-0.2, 0) is 13.0 Å². The lowest BCUT2D eigenvalue weighted by Crippen LogP contribution is -2.35. The van der Waals surface area contributed by atoms with Crippen molar-refractivity contribution in [2.75, 3.05) is 166 Å². The van der Waals surface area contributed by atoms with Gasteiger partial charge in [-0.25, -0.2) is 9.97 Å². The fourth-order valence-corrected chi connectivity index (χ4v) is 24.6. The Bertz CT molecular complexity index is 7220. The summed E-state index contributed by atoms with van der Waals surface area (Å²) in [5, 5.41) is 3.91. The zero-order valence-electron chi connectivity index (χ0n) is 93.3. The molecule has 149 heavy (non-hydrogen) atoms. The summed E-state index contributed by atoms with van der Waals surface area (Å²) in [5.74, 6) is 7.83. The number of aromatic nitrogens is 9. The van der Waals surface area contributed by atoms with Gasteiger partial charge < -0.3 is 81.7 Å². The van der Waals surface area contributed by atoms with E-state index in [1.54, 1.807) is 34.9 Å². The summed E-state index contributed by atoms with van der Waals surface area (Å²) >= 11 is 5.16. The van der Waals surface area contributed by atoms with E-state index in [0.717, 1.165) is 210 Å². The van der Waals surface area contributed by atoms with Crippen molar-refractivity contribution in [1.29, 1.82) is 0 Å². The number of aromatic amines is 1. The van der Waals surface area contributed by atoms with Crippen LogP contribution in [0.1, 0.15) is 229 Å². The molecule has 14 aromatic rings. The first-order valence-corrected chi connectivity index (χ1v) is 58.6. The highest BCUT2D eigenvalue weighted by Gasteiger charge is 2.46. The van der Waals surface area contributed by atoms with Crippen molar-refractivity contribution in [1.82, 2.24) is 58.6 Å². The first kappa shape index (κ1) is 108. The number of para-hydroxylation sites is 4. The minimum atomic E-state index is 0.261. The second-order valence-corrected chi connectivity index (χ2v) is 47.1. The molecule has 0 atom stereocenters. The van der Waals surface area contributed by atoms with Gasteiger partial charge in [-0.1, -0.05) is 249 Å². The molecule has 6 bridgehead atoms. The molecule has 6 aromatic heterocycles. The zero-order valence-corrected chi connectivity index (χ0v) is 95.7. The van der Waals surface area contributed by atoms with E-state index in [4.69, 9.17) is 67.4 Å². The van der Waals surface area contributed by atoms with Gasteiger partial charge in [0.1, 0.15) is 55.9 Å². The van der Waals surface area contributed by atoms with Crippen LogP contribution in [0.5, 0.6) is 46.0 Å². The van der Waals surface area contributed by atoms with E-state index in [2.05, 4.69) is 307 Å². The van der Waals surface area contributed by atoms with E-state index in [9.17, 15) is 0 Å². The van der Waals surface area contributed by atoms with E-state index in [0.29, 0.717) is 220 Å². The molecule has 0 radical (unpaired) electrons. The molecule has 0 saturated carbocycles. The molecular weight excluding hydrogens is 1920 g/mol. The Morgan fingerprint density at radius 3 is 1.26 bits per heavy atom. The fraction of sp³-hybridized carbons (Fsp3) is 0.537. The molecule has 1 N–H and O–H groups in total. The van der Waals surface area contributed by atoms with Crippen molar-refractivity contribution in [2.24, 2.45) is 47.3 Å². The number of rotatable bonds is 52. The molecule has 0 amide bonds. The molecule has 28 heteroatoms. The molecule has 8 aromatic carbocycles. The Kier molecular flexibility index (Phi) is 34.9. The van der Waals surface area contributed by atoms with Crippen LogP contribution >= 0.6 is 34.9 Å². The number of H-pyrrole nitrogens is 1. The van der Waals surface area contributed by atoms with Crippen LogP contribution in [0.15, 0.2) is 121 Å². The van der Waals surface area contributed by atoms with E-state index in [-0.39, 0.29) is 47.3 Å². The fourth-order valence-electron chi connectivity index (χ4n) is 21.0. The third-order valence-corrected chi connectivity index (χ3v) is 33.5. The van der Waals surface area contributed by atoms with E-state index in [1.807, 2.05) is 9.15 Å². The van der Waals surface area contributed by atoms with Gasteiger partial charge in [-0.2, -0.15) is 9.61 Å². The third kappa shape index (κ3) is 22.1. The highest BCUT2D eigenvalue weighted by molar-refractivity contribution is 8.00. The number of nitrogens with one attached hydrogen (secondary N) is 1. The number of anilines is 6. The predicted molar refractivity (Wildman–Crippen MR) is 618 cm³/mol. The average molecular weight is 2080 g/mol. The molecule has 18 rings (SSSR count). The summed E-state index contributed by atoms with van der Waals surface area (Å²) in [6.45, 7) is 69.8.